The molecule has 0 aliphatic heterocycles. The van der Waals surface area contributed by atoms with E-state index in [2.05, 4.69) is 6.92 Å². The number of allylic oxidation sites excluding steroid dienone is 1. The lowest BCUT2D eigenvalue weighted by atomic mass is 9.46. The minimum atomic E-state index is -1.65. The zero-order valence-corrected chi connectivity index (χ0v) is 18.9. The Morgan fingerprint density at radius 2 is 1.90 bits per heavy atom. The molecule has 3 fully saturated rings. The molecule has 1 N–H and O–H groups in total. The lowest BCUT2D eigenvalue weighted by Gasteiger charge is -2.57. The zero-order chi connectivity index (χ0) is 22.6. The van der Waals surface area contributed by atoms with Gasteiger partial charge >= 0.3 is 5.97 Å². The van der Waals surface area contributed by atoms with Crippen molar-refractivity contribution in [3.8, 4) is 0 Å². The first-order valence-corrected chi connectivity index (χ1v) is 11.7. The molecule has 31 heavy (non-hydrogen) atoms. The van der Waals surface area contributed by atoms with E-state index in [1.165, 1.54) is 0 Å². The van der Waals surface area contributed by atoms with Gasteiger partial charge in [0.2, 0.25) is 5.78 Å². The van der Waals surface area contributed by atoms with E-state index in [0.29, 0.717) is 32.1 Å². The number of ketones is 3. The van der Waals surface area contributed by atoms with Crippen LogP contribution >= 0.6 is 0 Å². The van der Waals surface area contributed by atoms with Gasteiger partial charge in [-0.05, 0) is 61.9 Å². The maximum Gasteiger partial charge on any atom is 0.306 e. The van der Waals surface area contributed by atoms with E-state index in [0.717, 1.165) is 18.4 Å². The highest BCUT2D eigenvalue weighted by molar-refractivity contribution is 5.95. The van der Waals surface area contributed by atoms with Crippen molar-refractivity contribution in [2.24, 2.45) is 28.6 Å². The summed E-state index contributed by atoms with van der Waals surface area (Å²) in [5, 5.41) is 11.5. The summed E-state index contributed by atoms with van der Waals surface area (Å²) >= 11 is 0. The molecule has 0 aromatic carbocycles. The molecule has 6 heteroatoms. The highest BCUT2D eigenvalue weighted by Crippen LogP contribution is 2.66. The monoisotopic (exact) mass is 430 g/mol. The van der Waals surface area contributed by atoms with Crippen LogP contribution in [0.3, 0.4) is 0 Å². The maximum absolute atomic E-state index is 13.6. The summed E-state index contributed by atoms with van der Waals surface area (Å²) in [7, 11) is 0. The van der Waals surface area contributed by atoms with E-state index in [1.807, 2.05) is 13.8 Å². The summed E-state index contributed by atoms with van der Waals surface area (Å²) in [6, 6.07) is 0. The van der Waals surface area contributed by atoms with Gasteiger partial charge in [-0.15, -0.1) is 0 Å². The van der Waals surface area contributed by atoms with Crippen LogP contribution in [0.25, 0.3) is 0 Å². The third-order valence-electron chi connectivity index (χ3n) is 9.09. The number of rotatable bonds is 5. The SMILES string of the molecule is CCCC(=O)OCC(=O)[C@@]1(O)CC[C@H]2C3CCC4=CC(=O)CC[C@]4(C)[C@H]3C(=O)C[C@@]21C. The van der Waals surface area contributed by atoms with Gasteiger partial charge in [0.05, 0.1) is 0 Å². The highest BCUT2D eigenvalue weighted by Gasteiger charge is 2.68. The van der Waals surface area contributed by atoms with Gasteiger partial charge < -0.3 is 9.84 Å². The number of ether oxygens (including phenoxy) is 1. The van der Waals surface area contributed by atoms with Crippen LogP contribution in [0, 0.1) is 28.6 Å². The fraction of sp³-hybridized carbons (Fsp3) is 0.760. The molecule has 3 saturated carbocycles. The van der Waals surface area contributed by atoms with Gasteiger partial charge in [0, 0.05) is 30.6 Å². The van der Waals surface area contributed by atoms with Crippen LogP contribution in [0.4, 0.5) is 0 Å². The number of hydrogen-bond acceptors (Lipinski definition) is 6. The first-order valence-electron chi connectivity index (χ1n) is 11.7. The molecule has 0 radical (unpaired) electrons. The first kappa shape index (κ1) is 22.4. The quantitative estimate of drug-likeness (QED) is 0.672. The summed E-state index contributed by atoms with van der Waals surface area (Å²) in [5.41, 5.74) is -1.68. The number of hydrogen-bond donors (Lipinski definition) is 1. The van der Waals surface area contributed by atoms with Crippen molar-refractivity contribution in [2.75, 3.05) is 6.61 Å². The van der Waals surface area contributed by atoms with Gasteiger partial charge in [-0.25, -0.2) is 0 Å². The first-order chi connectivity index (χ1) is 14.6. The molecule has 0 saturated heterocycles. The average Bonchev–Trinajstić information content (AvgIpc) is 2.98. The predicted octanol–water partition coefficient (Wildman–Crippen LogP) is 3.34. The second-order valence-electron chi connectivity index (χ2n) is 10.6. The molecular formula is C25H34O6. The molecule has 0 heterocycles. The topological polar surface area (TPSA) is 97.7 Å². The van der Waals surface area contributed by atoms with Crippen molar-refractivity contribution in [1.82, 2.24) is 0 Å². The predicted molar refractivity (Wildman–Crippen MR) is 113 cm³/mol. The molecule has 0 spiro atoms. The van der Waals surface area contributed by atoms with E-state index in [9.17, 15) is 24.3 Å². The Morgan fingerprint density at radius 1 is 1.16 bits per heavy atom. The zero-order valence-electron chi connectivity index (χ0n) is 18.9. The Labute approximate surface area is 183 Å². The summed E-state index contributed by atoms with van der Waals surface area (Å²) < 4.78 is 5.10. The fourth-order valence-corrected chi connectivity index (χ4v) is 7.39. The Balaban J connectivity index is 1.60. The van der Waals surface area contributed by atoms with Gasteiger partial charge in [-0.3, -0.25) is 19.2 Å². The number of aliphatic hydroxyl groups is 1. The Kier molecular flexibility index (Phi) is 5.52. The van der Waals surface area contributed by atoms with Crippen LogP contribution in [0.2, 0.25) is 0 Å². The molecule has 0 aromatic rings. The minimum absolute atomic E-state index is 0.0616. The third kappa shape index (κ3) is 3.24. The van der Waals surface area contributed by atoms with Crippen LogP contribution in [-0.4, -0.2) is 40.6 Å². The lowest BCUT2D eigenvalue weighted by Crippen LogP contribution is -2.61. The van der Waals surface area contributed by atoms with E-state index in [4.69, 9.17) is 4.74 Å². The van der Waals surface area contributed by atoms with E-state index >= 15 is 0 Å². The van der Waals surface area contributed by atoms with Gasteiger partial charge in [0.1, 0.15) is 11.4 Å². The molecule has 4 aliphatic carbocycles. The Hall–Kier alpha value is -1.82. The molecule has 170 valence electrons. The van der Waals surface area contributed by atoms with Crippen molar-refractivity contribution in [3.63, 3.8) is 0 Å². The van der Waals surface area contributed by atoms with Crippen LogP contribution in [0.1, 0.15) is 78.6 Å². The molecule has 1 unspecified atom stereocenters. The Bertz CT molecular complexity index is 858. The number of fused-ring (bicyclic) bond motifs is 5. The van der Waals surface area contributed by atoms with Crippen molar-refractivity contribution in [3.05, 3.63) is 11.6 Å². The lowest BCUT2D eigenvalue weighted by molar-refractivity contribution is -0.173. The highest BCUT2D eigenvalue weighted by atomic mass is 16.5. The smallest absolute Gasteiger partial charge is 0.306 e. The van der Waals surface area contributed by atoms with Gasteiger partial charge in [-0.2, -0.15) is 0 Å². The number of carbonyl (C=O) groups is 4. The van der Waals surface area contributed by atoms with Gasteiger partial charge in [-0.1, -0.05) is 26.3 Å². The molecule has 6 nitrogen and oxygen atoms in total. The molecule has 0 bridgehead atoms. The van der Waals surface area contributed by atoms with Crippen molar-refractivity contribution < 1.29 is 29.0 Å². The fourth-order valence-electron chi connectivity index (χ4n) is 7.39. The molecule has 0 aromatic heterocycles. The second kappa shape index (κ2) is 7.65. The van der Waals surface area contributed by atoms with E-state index < -0.39 is 29.4 Å². The summed E-state index contributed by atoms with van der Waals surface area (Å²) in [6.07, 6.45) is 6.55. The standard InChI is InChI=1S/C25H34O6/c1-4-5-21(29)31-14-20(28)25(30)11-9-18-17-7-6-15-12-16(26)8-10-23(15,2)22(17)19(27)13-24(18,25)3/h12,17-18,22,30H,4-11,13-14H2,1-3H3/t17?,18-,22+,23-,24-,25-/m0/s1. The minimum Gasteiger partial charge on any atom is -0.458 e. The largest absolute Gasteiger partial charge is 0.458 e. The van der Waals surface area contributed by atoms with E-state index in [1.54, 1.807) is 6.08 Å². The summed E-state index contributed by atoms with van der Waals surface area (Å²) in [6.45, 7) is 5.42. The Morgan fingerprint density at radius 3 is 2.61 bits per heavy atom. The number of esters is 1. The second-order valence-corrected chi connectivity index (χ2v) is 10.6. The molecular weight excluding hydrogens is 396 g/mol. The number of Topliss-reactive ketones (excluding diaryl/α,β-unsaturated/α-hetero) is 2. The van der Waals surface area contributed by atoms with Crippen molar-refractivity contribution >= 4 is 23.3 Å². The van der Waals surface area contributed by atoms with Crippen LogP contribution in [0.5, 0.6) is 0 Å². The van der Waals surface area contributed by atoms with Gasteiger partial charge in [0.25, 0.3) is 0 Å². The van der Waals surface area contributed by atoms with Gasteiger partial charge in [0.15, 0.2) is 12.4 Å². The van der Waals surface area contributed by atoms with Crippen LogP contribution < -0.4 is 0 Å². The number of carbonyl (C=O) groups excluding carboxylic acids is 4. The van der Waals surface area contributed by atoms with Crippen molar-refractivity contribution in [1.29, 1.82) is 0 Å². The van der Waals surface area contributed by atoms with Crippen LogP contribution in [-0.2, 0) is 23.9 Å². The summed E-state index contributed by atoms with van der Waals surface area (Å²) in [5.74, 6) is -0.666. The molecule has 6 atom stereocenters. The normalized spacial score (nSPS) is 41.7. The average molecular weight is 431 g/mol. The maximum atomic E-state index is 13.6. The molecule has 0 amide bonds. The van der Waals surface area contributed by atoms with Crippen LogP contribution in [0.15, 0.2) is 11.6 Å². The molecule has 4 rings (SSSR count). The third-order valence-corrected chi connectivity index (χ3v) is 9.09. The van der Waals surface area contributed by atoms with Crippen molar-refractivity contribution in [2.45, 2.75) is 84.2 Å². The van der Waals surface area contributed by atoms with E-state index in [-0.39, 0.29) is 47.6 Å². The molecule has 4 aliphatic rings. The summed E-state index contributed by atoms with van der Waals surface area (Å²) in [4.78, 5) is 50.3.